The van der Waals surface area contributed by atoms with Crippen LogP contribution in [0.3, 0.4) is 0 Å². The van der Waals surface area contributed by atoms with Crippen LogP contribution < -0.4 is 15.9 Å². The van der Waals surface area contributed by atoms with Gasteiger partial charge < -0.3 is 0 Å². The summed E-state index contributed by atoms with van der Waals surface area (Å²) in [6.45, 7) is 2.21. The molecule has 0 saturated carbocycles. The van der Waals surface area contributed by atoms with Gasteiger partial charge in [0.25, 0.3) is 5.91 Å². The van der Waals surface area contributed by atoms with Crippen molar-refractivity contribution in [1.82, 2.24) is 10.3 Å². The smallest absolute Gasteiger partial charge is 0.276 e. The predicted octanol–water partition coefficient (Wildman–Crippen LogP) is 3.20. The molecule has 140 valence electrons. The minimum absolute atomic E-state index is 0.108. The van der Waals surface area contributed by atoms with Gasteiger partial charge in [0, 0.05) is 16.5 Å². The zero-order valence-corrected chi connectivity index (χ0v) is 16.9. The molecule has 0 radical (unpaired) electrons. The summed E-state index contributed by atoms with van der Waals surface area (Å²) in [6.07, 6.45) is 4.51. The average molecular weight is 399 g/mol. The number of hydrogen-bond acceptors (Lipinski definition) is 6. The fourth-order valence-electron chi connectivity index (χ4n) is 3.23. The van der Waals surface area contributed by atoms with E-state index >= 15 is 0 Å². The molecule has 7 heteroatoms. The van der Waals surface area contributed by atoms with Gasteiger partial charge in [-0.1, -0.05) is 56.1 Å². The zero-order chi connectivity index (χ0) is 18.6. The third kappa shape index (κ3) is 3.80. The quantitative estimate of drug-likeness (QED) is 0.760. The molecular weight excluding hydrogens is 376 g/mol. The number of fused-ring (bicyclic) bond motifs is 2. The molecule has 27 heavy (non-hydrogen) atoms. The molecule has 1 aromatic carbocycles. The molecule has 0 bridgehead atoms. The molecule has 0 fully saturated rings. The fourth-order valence-corrected chi connectivity index (χ4v) is 4.75. The van der Waals surface area contributed by atoms with Gasteiger partial charge in [-0.25, -0.2) is 5.01 Å². The monoisotopic (exact) mass is 398 g/mol. The van der Waals surface area contributed by atoms with E-state index in [1.54, 1.807) is 28.1 Å². The third-order valence-corrected chi connectivity index (χ3v) is 6.24. The molecular formula is C20H22N4OS2. The second-order valence-corrected chi connectivity index (χ2v) is 8.40. The van der Waals surface area contributed by atoms with Crippen LogP contribution in [0, 0.1) is 0 Å². The van der Waals surface area contributed by atoms with Crippen molar-refractivity contribution < 1.29 is 4.79 Å². The van der Waals surface area contributed by atoms with Crippen LogP contribution in [0.4, 0.5) is 0 Å². The Hall–Kier alpha value is -2.12. The molecule has 2 aromatic rings. The van der Waals surface area contributed by atoms with E-state index < -0.39 is 0 Å². The van der Waals surface area contributed by atoms with Crippen molar-refractivity contribution in [1.29, 1.82) is 0 Å². The second-order valence-electron chi connectivity index (χ2n) is 6.54. The van der Waals surface area contributed by atoms with Gasteiger partial charge in [0.05, 0.1) is 5.36 Å². The van der Waals surface area contributed by atoms with Crippen molar-refractivity contribution in [2.24, 2.45) is 10.1 Å². The Morgan fingerprint density at radius 3 is 2.93 bits per heavy atom. The molecule has 5 nitrogen and oxygen atoms in total. The summed E-state index contributed by atoms with van der Waals surface area (Å²) in [7, 11) is 0. The van der Waals surface area contributed by atoms with Gasteiger partial charge in [0.2, 0.25) is 0 Å². The molecule has 1 amide bonds. The van der Waals surface area contributed by atoms with Crippen molar-refractivity contribution >= 4 is 39.9 Å². The predicted molar refractivity (Wildman–Crippen MR) is 112 cm³/mol. The standard InChI is InChI=1S/C20H22N4OS2/c1-2-3-4-7-11-27-20-22-19(25)17-15-8-5-6-9-16(15)21-18(24(17)23-20)14-10-12-26-13-14/h5-6,8-10,12-13,18H,2-4,7,11H2,1H3,(H,22,23,25)/t18-/m1/s1. The minimum atomic E-state index is -0.303. The van der Waals surface area contributed by atoms with Crippen LogP contribution in [0.5, 0.6) is 0 Å². The second kappa shape index (κ2) is 8.27. The number of thiophene rings is 1. The SMILES string of the molecule is CCCCCCSC1=NN2C(=c3ccccc3=N[C@H]2c2ccsc2)C(=O)N1. The number of amidine groups is 1. The van der Waals surface area contributed by atoms with Gasteiger partial charge in [-0.3, -0.25) is 15.1 Å². The molecule has 0 spiro atoms. The number of rotatable bonds is 6. The molecule has 1 aromatic heterocycles. The Balaban J connectivity index is 1.68. The molecule has 4 rings (SSSR count). The maximum atomic E-state index is 12.9. The number of unbranched alkanes of at least 4 members (excludes halogenated alkanes) is 3. The molecule has 2 aliphatic heterocycles. The van der Waals surface area contributed by atoms with Crippen LogP contribution in [0.25, 0.3) is 5.70 Å². The summed E-state index contributed by atoms with van der Waals surface area (Å²) in [5.41, 5.74) is 1.63. The first kappa shape index (κ1) is 18.3. The first-order valence-corrected chi connectivity index (χ1v) is 11.2. The summed E-state index contributed by atoms with van der Waals surface area (Å²) >= 11 is 3.24. The third-order valence-electron chi connectivity index (χ3n) is 4.59. The molecule has 2 aliphatic rings. The number of nitrogens with one attached hydrogen (secondary N) is 1. The summed E-state index contributed by atoms with van der Waals surface area (Å²) in [5, 5.41) is 15.9. The van der Waals surface area contributed by atoms with E-state index in [1.807, 2.05) is 35.7 Å². The van der Waals surface area contributed by atoms with Crippen LogP contribution in [0.2, 0.25) is 0 Å². The van der Waals surface area contributed by atoms with E-state index in [2.05, 4.69) is 17.6 Å². The highest BCUT2D eigenvalue weighted by Gasteiger charge is 2.34. The van der Waals surface area contributed by atoms with Crippen molar-refractivity contribution in [3.05, 3.63) is 57.2 Å². The molecule has 0 unspecified atom stereocenters. The highest BCUT2D eigenvalue weighted by atomic mass is 32.2. The lowest BCUT2D eigenvalue weighted by Crippen LogP contribution is -2.50. The largest absolute Gasteiger partial charge is 0.298 e. The summed E-state index contributed by atoms with van der Waals surface area (Å²) in [6, 6.07) is 9.81. The molecule has 1 N–H and O–H groups in total. The number of thioether (sulfide) groups is 1. The number of amides is 1. The van der Waals surface area contributed by atoms with E-state index in [1.165, 1.54) is 19.3 Å². The normalized spacial score (nSPS) is 18.3. The highest BCUT2D eigenvalue weighted by Crippen LogP contribution is 2.31. The lowest BCUT2D eigenvalue weighted by molar-refractivity contribution is -0.116. The molecule has 0 saturated heterocycles. The van der Waals surface area contributed by atoms with E-state index in [0.29, 0.717) is 10.9 Å². The van der Waals surface area contributed by atoms with Crippen LogP contribution in [-0.2, 0) is 4.79 Å². The van der Waals surface area contributed by atoms with E-state index in [4.69, 9.17) is 10.1 Å². The van der Waals surface area contributed by atoms with E-state index in [9.17, 15) is 4.79 Å². The van der Waals surface area contributed by atoms with Crippen LogP contribution in [-0.4, -0.2) is 21.8 Å². The number of para-hydroxylation sites is 1. The van der Waals surface area contributed by atoms with Crippen molar-refractivity contribution in [2.75, 3.05) is 5.75 Å². The highest BCUT2D eigenvalue weighted by molar-refractivity contribution is 8.13. The minimum Gasteiger partial charge on any atom is -0.298 e. The number of benzene rings is 1. The van der Waals surface area contributed by atoms with Crippen LogP contribution >= 0.6 is 23.1 Å². The van der Waals surface area contributed by atoms with Crippen molar-refractivity contribution in [3.63, 3.8) is 0 Å². The Bertz CT molecular complexity index is 968. The van der Waals surface area contributed by atoms with Gasteiger partial charge >= 0.3 is 0 Å². The van der Waals surface area contributed by atoms with Gasteiger partial charge in [-0.05, 0) is 29.3 Å². The fraction of sp³-hybridized carbons (Fsp3) is 0.350. The Labute approximate surface area is 166 Å². The Kier molecular flexibility index (Phi) is 5.59. The zero-order valence-electron chi connectivity index (χ0n) is 15.2. The van der Waals surface area contributed by atoms with Gasteiger partial charge in [0.1, 0.15) is 5.70 Å². The van der Waals surface area contributed by atoms with Crippen molar-refractivity contribution in [3.8, 4) is 0 Å². The lowest BCUT2D eigenvalue weighted by atomic mass is 10.1. The van der Waals surface area contributed by atoms with E-state index in [-0.39, 0.29) is 12.1 Å². The summed E-state index contributed by atoms with van der Waals surface area (Å²) < 4.78 is 0. The van der Waals surface area contributed by atoms with Gasteiger partial charge in [-0.2, -0.15) is 11.3 Å². The summed E-state index contributed by atoms with van der Waals surface area (Å²) in [4.78, 5) is 17.8. The Morgan fingerprint density at radius 2 is 2.11 bits per heavy atom. The van der Waals surface area contributed by atoms with Crippen LogP contribution in [0.1, 0.15) is 44.3 Å². The first-order chi connectivity index (χ1) is 13.3. The lowest BCUT2D eigenvalue weighted by Gasteiger charge is -2.33. The molecule has 3 heterocycles. The molecule has 0 aliphatic carbocycles. The maximum Gasteiger partial charge on any atom is 0.276 e. The first-order valence-electron chi connectivity index (χ1n) is 9.29. The van der Waals surface area contributed by atoms with Gasteiger partial charge in [-0.15, -0.1) is 5.10 Å². The maximum absolute atomic E-state index is 12.9. The van der Waals surface area contributed by atoms with Gasteiger partial charge in [0.15, 0.2) is 11.3 Å². The van der Waals surface area contributed by atoms with Crippen molar-refractivity contribution in [2.45, 2.75) is 38.8 Å². The van der Waals surface area contributed by atoms with E-state index in [0.717, 1.165) is 28.3 Å². The topological polar surface area (TPSA) is 57.1 Å². The summed E-state index contributed by atoms with van der Waals surface area (Å²) in [5.74, 6) is 0.850. The Morgan fingerprint density at radius 1 is 1.22 bits per heavy atom. The van der Waals surface area contributed by atoms with Crippen LogP contribution in [0.15, 0.2) is 51.2 Å². The number of nitrogens with zero attached hydrogens (tertiary/aromatic N) is 3. The number of hydrazone groups is 1. The average Bonchev–Trinajstić information content (AvgIpc) is 3.21. The number of carbonyl (C=O) groups is 1. The molecule has 1 atom stereocenters. The number of hydrogen-bond donors (Lipinski definition) is 1. The number of carbonyl (C=O) groups excluding carboxylic acids is 1.